The largest absolute Gasteiger partial charge is 0.206 e. The Morgan fingerprint density at radius 3 is 2.24 bits per heavy atom. The van der Waals surface area contributed by atoms with Crippen LogP contribution in [0.1, 0.15) is 30.9 Å². The van der Waals surface area contributed by atoms with Crippen LogP contribution in [0, 0.1) is 12.7 Å². The Morgan fingerprint density at radius 1 is 1.00 bits per heavy atom. The molecule has 0 aliphatic heterocycles. The average molecular weight is 228 g/mol. The molecule has 17 heavy (non-hydrogen) atoms. The molecular formula is C16H17F. The van der Waals surface area contributed by atoms with Crippen LogP contribution in [0.5, 0.6) is 0 Å². The topological polar surface area (TPSA) is 0 Å². The van der Waals surface area contributed by atoms with Crippen molar-refractivity contribution in [3.05, 3.63) is 59.4 Å². The first-order valence-corrected chi connectivity index (χ1v) is 5.95. The molecule has 0 saturated carbocycles. The van der Waals surface area contributed by atoms with E-state index in [4.69, 9.17) is 0 Å². The molecule has 0 saturated heterocycles. The predicted molar refractivity (Wildman–Crippen MR) is 70.7 cm³/mol. The van der Waals surface area contributed by atoms with E-state index in [1.807, 2.05) is 63.2 Å². The van der Waals surface area contributed by atoms with Gasteiger partial charge in [-0.05, 0) is 30.0 Å². The van der Waals surface area contributed by atoms with Crippen LogP contribution < -0.4 is 0 Å². The third-order valence-electron chi connectivity index (χ3n) is 2.95. The molecule has 0 N–H and O–H groups in total. The highest BCUT2D eigenvalue weighted by molar-refractivity contribution is 5.66. The second kappa shape index (κ2) is 4.70. The van der Waals surface area contributed by atoms with E-state index < -0.39 is 0 Å². The number of aryl methyl sites for hydroxylation is 1. The molecule has 2 aromatic carbocycles. The van der Waals surface area contributed by atoms with Gasteiger partial charge < -0.3 is 0 Å². The number of rotatable bonds is 2. The van der Waals surface area contributed by atoms with Gasteiger partial charge in [0.25, 0.3) is 0 Å². The van der Waals surface area contributed by atoms with E-state index in [2.05, 4.69) is 0 Å². The van der Waals surface area contributed by atoms with Crippen LogP contribution in [0.4, 0.5) is 4.39 Å². The fourth-order valence-corrected chi connectivity index (χ4v) is 2.04. The van der Waals surface area contributed by atoms with Crippen molar-refractivity contribution in [3.8, 4) is 11.1 Å². The summed E-state index contributed by atoms with van der Waals surface area (Å²) in [5, 5.41) is 0. The summed E-state index contributed by atoms with van der Waals surface area (Å²) in [6, 6.07) is 13.6. The highest BCUT2D eigenvalue weighted by Gasteiger charge is 2.13. The van der Waals surface area contributed by atoms with Crippen molar-refractivity contribution in [2.75, 3.05) is 0 Å². The molecule has 0 fully saturated rings. The van der Waals surface area contributed by atoms with Crippen LogP contribution >= 0.6 is 0 Å². The first-order valence-electron chi connectivity index (χ1n) is 5.95. The van der Waals surface area contributed by atoms with Crippen molar-refractivity contribution < 1.29 is 4.39 Å². The predicted octanol–water partition coefficient (Wildman–Crippen LogP) is 4.92. The maximum absolute atomic E-state index is 14.4. The smallest absolute Gasteiger partial charge is 0.134 e. The number of hydrogen-bond donors (Lipinski definition) is 0. The van der Waals surface area contributed by atoms with E-state index in [1.165, 1.54) is 0 Å². The van der Waals surface area contributed by atoms with E-state index in [0.29, 0.717) is 5.56 Å². The summed E-state index contributed by atoms with van der Waals surface area (Å²) in [6.07, 6.45) is 0. The number of benzene rings is 2. The molecule has 2 aromatic rings. The number of halogens is 1. The van der Waals surface area contributed by atoms with Crippen molar-refractivity contribution in [1.82, 2.24) is 0 Å². The normalized spacial score (nSPS) is 10.9. The Hall–Kier alpha value is -1.63. The molecule has 0 aromatic heterocycles. The minimum Gasteiger partial charge on any atom is -0.206 e. The summed E-state index contributed by atoms with van der Waals surface area (Å²) in [7, 11) is 0. The van der Waals surface area contributed by atoms with Gasteiger partial charge in [0, 0.05) is 5.56 Å². The van der Waals surface area contributed by atoms with Gasteiger partial charge >= 0.3 is 0 Å². The maximum atomic E-state index is 14.4. The summed E-state index contributed by atoms with van der Waals surface area (Å²) in [5.41, 5.74) is 3.54. The van der Waals surface area contributed by atoms with Gasteiger partial charge in [-0.25, -0.2) is 4.39 Å². The van der Waals surface area contributed by atoms with Crippen LogP contribution in [-0.2, 0) is 0 Å². The molecule has 0 bridgehead atoms. The molecule has 0 unspecified atom stereocenters. The molecule has 0 aliphatic rings. The third kappa shape index (κ3) is 2.38. The Labute approximate surface area is 102 Å². The van der Waals surface area contributed by atoms with Gasteiger partial charge in [-0.15, -0.1) is 0 Å². The molecule has 88 valence electrons. The zero-order valence-corrected chi connectivity index (χ0v) is 10.5. The molecule has 0 nitrogen and oxygen atoms in total. The Morgan fingerprint density at radius 2 is 1.65 bits per heavy atom. The molecule has 0 amide bonds. The molecule has 0 radical (unpaired) electrons. The highest BCUT2D eigenvalue weighted by Crippen LogP contribution is 2.30. The fourth-order valence-electron chi connectivity index (χ4n) is 2.04. The molecule has 2 rings (SSSR count). The minimum atomic E-state index is -0.0863. The Bertz CT molecular complexity index is 513. The summed E-state index contributed by atoms with van der Waals surface area (Å²) < 4.78 is 14.4. The quantitative estimate of drug-likeness (QED) is 0.684. The van der Waals surface area contributed by atoms with Gasteiger partial charge in [0.05, 0.1) is 0 Å². The van der Waals surface area contributed by atoms with Gasteiger partial charge in [-0.3, -0.25) is 0 Å². The number of hydrogen-bond acceptors (Lipinski definition) is 0. The van der Waals surface area contributed by atoms with Gasteiger partial charge in [-0.2, -0.15) is 0 Å². The van der Waals surface area contributed by atoms with Crippen LogP contribution in [0.2, 0.25) is 0 Å². The second-order valence-electron chi connectivity index (χ2n) is 4.74. The zero-order chi connectivity index (χ0) is 12.4. The van der Waals surface area contributed by atoms with E-state index in [0.717, 1.165) is 16.7 Å². The van der Waals surface area contributed by atoms with Gasteiger partial charge in [0.15, 0.2) is 0 Å². The summed E-state index contributed by atoms with van der Waals surface area (Å²) in [4.78, 5) is 0. The van der Waals surface area contributed by atoms with E-state index in [9.17, 15) is 4.39 Å². The standard InChI is InChI=1S/C16H17F/c1-11(2)14-9-12(3)10-15(16(14)17)13-7-5-4-6-8-13/h4-11H,1-3H3. The van der Waals surface area contributed by atoms with Crippen LogP contribution in [0.25, 0.3) is 11.1 Å². The summed E-state index contributed by atoms with van der Waals surface area (Å²) >= 11 is 0. The molecule has 0 spiro atoms. The first-order chi connectivity index (χ1) is 8.09. The lowest BCUT2D eigenvalue weighted by atomic mass is 9.94. The highest BCUT2D eigenvalue weighted by atomic mass is 19.1. The lowest BCUT2D eigenvalue weighted by Crippen LogP contribution is -1.97. The average Bonchev–Trinajstić information content (AvgIpc) is 2.32. The lowest BCUT2D eigenvalue weighted by Gasteiger charge is -2.13. The van der Waals surface area contributed by atoms with Gasteiger partial charge in [0.1, 0.15) is 5.82 Å². The Balaban J connectivity index is 2.63. The monoisotopic (exact) mass is 228 g/mol. The second-order valence-corrected chi connectivity index (χ2v) is 4.74. The lowest BCUT2D eigenvalue weighted by molar-refractivity contribution is 0.601. The van der Waals surface area contributed by atoms with Crippen LogP contribution in [0.15, 0.2) is 42.5 Å². The van der Waals surface area contributed by atoms with E-state index in [-0.39, 0.29) is 11.7 Å². The maximum Gasteiger partial charge on any atom is 0.134 e. The summed E-state index contributed by atoms with van der Waals surface area (Å²) in [5.74, 6) is 0.120. The van der Waals surface area contributed by atoms with Crippen molar-refractivity contribution in [2.24, 2.45) is 0 Å². The van der Waals surface area contributed by atoms with Crippen molar-refractivity contribution in [2.45, 2.75) is 26.7 Å². The first kappa shape index (κ1) is 11.8. The van der Waals surface area contributed by atoms with Crippen molar-refractivity contribution in [1.29, 1.82) is 0 Å². The molecule has 0 heterocycles. The Kier molecular flexibility index (Phi) is 3.28. The fraction of sp³-hybridized carbons (Fsp3) is 0.250. The van der Waals surface area contributed by atoms with Gasteiger partial charge in [-0.1, -0.05) is 55.8 Å². The van der Waals surface area contributed by atoms with Crippen LogP contribution in [0.3, 0.4) is 0 Å². The SMILES string of the molecule is Cc1cc(-c2ccccc2)c(F)c(C(C)C)c1. The zero-order valence-electron chi connectivity index (χ0n) is 10.5. The van der Waals surface area contributed by atoms with Gasteiger partial charge in [0.2, 0.25) is 0 Å². The molecular weight excluding hydrogens is 211 g/mol. The van der Waals surface area contributed by atoms with Crippen molar-refractivity contribution in [3.63, 3.8) is 0 Å². The van der Waals surface area contributed by atoms with Crippen molar-refractivity contribution >= 4 is 0 Å². The molecule has 1 heteroatoms. The molecule has 0 atom stereocenters. The molecule has 0 aliphatic carbocycles. The van der Waals surface area contributed by atoms with E-state index in [1.54, 1.807) is 0 Å². The minimum absolute atomic E-state index is 0.0863. The summed E-state index contributed by atoms with van der Waals surface area (Å²) in [6.45, 7) is 6.05. The third-order valence-corrected chi connectivity index (χ3v) is 2.95. The van der Waals surface area contributed by atoms with E-state index >= 15 is 0 Å². The van der Waals surface area contributed by atoms with Crippen LogP contribution in [-0.4, -0.2) is 0 Å².